The molecule has 0 heterocycles. The van der Waals surface area contributed by atoms with Gasteiger partial charge < -0.3 is 9.84 Å². The molecule has 1 saturated carbocycles. The first-order chi connectivity index (χ1) is 8.56. The third kappa shape index (κ3) is 4.58. The monoisotopic (exact) mass is 257 g/mol. The van der Waals surface area contributed by atoms with Crippen molar-refractivity contribution in [1.29, 1.82) is 0 Å². The highest BCUT2D eigenvalue weighted by Crippen LogP contribution is 2.24. The van der Waals surface area contributed by atoms with Crippen LogP contribution in [0.2, 0.25) is 0 Å². The molecule has 0 aromatic rings. The van der Waals surface area contributed by atoms with Gasteiger partial charge in [0.2, 0.25) is 0 Å². The Hall–Kier alpha value is -0.610. The highest BCUT2D eigenvalue weighted by Gasteiger charge is 2.30. The van der Waals surface area contributed by atoms with Gasteiger partial charge in [-0.1, -0.05) is 19.3 Å². The number of carbonyl (C=O) groups excluding carboxylic acids is 1. The number of carbonyl (C=O) groups is 1. The van der Waals surface area contributed by atoms with E-state index in [4.69, 9.17) is 4.74 Å². The average molecular weight is 257 g/mol. The smallest absolute Gasteiger partial charge is 0.320 e. The maximum Gasteiger partial charge on any atom is 0.320 e. The summed E-state index contributed by atoms with van der Waals surface area (Å²) in [6, 6.07) is 0.337. The number of ether oxygens (including phenoxy) is 1. The maximum absolute atomic E-state index is 11.6. The average Bonchev–Trinajstić information content (AvgIpc) is 2.51. The number of aliphatic hydroxyl groups is 1. The lowest BCUT2D eigenvalue weighted by molar-refractivity contribution is -0.146. The quantitative estimate of drug-likeness (QED) is 0.604. The summed E-state index contributed by atoms with van der Waals surface area (Å²) < 4.78 is 5.02. The molecule has 18 heavy (non-hydrogen) atoms. The van der Waals surface area contributed by atoms with Crippen LogP contribution in [0.25, 0.3) is 0 Å². The molecule has 4 heteroatoms. The Kier molecular flexibility index (Phi) is 6.65. The zero-order chi connectivity index (χ0) is 13.5. The topological polar surface area (TPSA) is 49.8 Å². The summed E-state index contributed by atoms with van der Waals surface area (Å²) in [7, 11) is 0. The van der Waals surface area contributed by atoms with Crippen LogP contribution in [-0.4, -0.2) is 47.3 Å². The van der Waals surface area contributed by atoms with E-state index in [1.165, 1.54) is 6.42 Å². The minimum absolute atomic E-state index is 0.0944. The predicted octanol–water partition coefficient (Wildman–Crippen LogP) is 1.95. The van der Waals surface area contributed by atoms with Crippen LogP contribution in [0.4, 0.5) is 0 Å². The van der Waals surface area contributed by atoms with E-state index in [2.05, 4.69) is 18.7 Å². The van der Waals surface area contributed by atoms with Crippen LogP contribution in [0.1, 0.15) is 52.9 Å². The Morgan fingerprint density at radius 1 is 1.33 bits per heavy atom. The second-order valence-corrected chi connectivity index (χ2v) is 5.34. The van der Waals surface area contributed by atoms with Crippen LogP contribution < -0.4 is 0 Å². The standard InChI is InChI=1S/C14H27NO3/c1-4-18-14(17)10-15(11(2)3)12-8-6-5-7-9-13(12)16/h11-13,16H,4-10H2,1-3H3. The van der Waals surface area contributed by atoms with E-state index in [0.29, 0.717) is 6.61 Å². The first-order valence-electron chi connectivity index (χ1n) is 7.15. The van der Waals surface area contributed by atoms with Crippen molar-refractivity contribution in [1.82, 2.24) is 4.90 Å². The number of nitrogens with zero attached hydrogens (tertiary/aromatic N) is 1. The molecule has 0 aromatic carbocycles. The predicted molar refractivity (Wildman–Crippen MR) is 71.4 cm³/mol. The summed E-state index contributed by atoms with van der Waals surface area (Å²) >= 11 is 0. The molecule has 1 aliphatic carbocycles. The summed E-state index contributed by atoms with van der Waals surface area (Å²) in [5.41, 5.74) is 0. The third-order valence-electron chi connectivity index (χ3n) is 3.65. The van der Waals surface area contributed by atoms with Crippen LogP contribution in [0, 0.1) is 0 Å². The molecule has 0 aliphatic heterocycles. The molecule has 1 aliphatic rings. The zero-order valence-electron chi connectivity index (χ0n) is 11.9. The van der Waals surface area contributed by atoms with Gasteiger partial charge in [0.15, 0.2) is 0 Å². The van der Waals surface area contributed by atoms with E-state index < -0.39 is 0 Å². The van der Waals surface area contributed by atoms with Gasteiger partial charge in [0.1, 0.15) is 0 Å². The van der Waals surface area contributed by atoms with Gasteiger partial charge in [0.25, 0.3) is 0 Å². The summed E-state index contributed by atoms with van der Waals surface area (Å²) in [6.45, 7) is 6.65. The van der Waals surface area contributed by atoms with E-state index in [1.807, 2.05) is 6.92 Å². The lowest BCUT2D eigenvalue weighted by Crippen LogP contribution is -2.49. The van der Waals surface area contributed by atoms with E-state index in [9.17, 15) is 9.90 Å². The van der Waals surface area contributed by atoms with Gasteiger partial charge in [0.05, 0.1) is 19.3 Å². The van der Waals surface area contributed by atoms with Crippen LogP contribution in [0.15, 0.2) is 0 Å². The Bertz CT molecular complexity index is 255. The third-order valence-corrected chi connectivity index (χ3v) is 3.65. The van der Waals surface area contributed by atoms with Crippen molar-refractivity contribution in [3.63, 3.8) is 0 Å². The summed E-state index contributed by atoms with van der Waals surface area (Å²) in [5, 5.41) is 10.2. The first kappa shape index (κ1) is 15.4. The number of aliphatic hydroxyl groups excluding tert-OH is 1. The van der Waals surface area contributed by atoms with Crippen molar-refractivity contribution in [3.05, 3.63) is 0 Å². The van der Waals surface area contributed by atoms with Crippen molar-refractivity contribution in [2.24, 2.45) is 0 Å². The lowest BCUT2D eigenvalue weighted by atomic mass is 10.0. The summed E-state index contributed by atoms with van der Waals surface area (Å²) in [5.74, 6) is -0.192. The molecule has 106 valence electrons. The van der Waals surface area contributed by atoms with Crippen molar-refractivity contribution in [2.75, 3.05) is 13.2 Å². The Morgan fingerprint density at radius 3 is 2.61 bits per heavy atom. The Balaban J connectivity index is 2.66. The largest absolute Gasteiger partial charge is 0.465 e. The molecule has 0 spiro atoms. The lowest BCUT2D eigenvalue weighted by Gasteiger charge is -2.36. The second-order valence-electron chi connectivity index (χ2n) is 5.34. The molecule has 4 nitrogen and oxygen atoms in total. The van der Waals surface area contributed by atoms with Crippen molar-refractivity contribution < 1.29 is 14.6 Å². The Labute approximate surface area is 110 Å². The van der Waals surface area contributed by atoms with E-state index >= 15 is 0 Å². The van der Waals surface area contributed by atoms with Gasteiger partial charge >= 0.3 is 5.97 Å². The molecular weight excluding hydrogens is 230 g/mol. The number of hydrogen-bond acceptors (Lipinski definition) is 4. The van der Waals surface area contributed by atoms with Crippen LogP contribution in [0.5, 0.6) is 0 Å². The molecule has 0 saturated heterocycles. The van der Waals surface area contributed by atoms with E-state index in [1.54, 1.807) is 0 Å². The van der Waals surface area contributed by atoms with Crippen molar-refractivity contribution >= 4 is 5.97 Å². The van der Waals surface area contributed by atoms with E-state index in [-0.39, 0.29) is 30.7 Å². The second kappa shape index (κ2) is 7.74. The van der Waals surface area contributed by atoms with Crippen molar-refractivity contribution in [2.45, 2.75) is 71.1 Å². The van der Waals surface area contributed by atoms with Gasteiger partial charge in [-0.15, -0.1) is 0 Å². The molecule has 1 fully saturated rings. The molecular formula is C14H27NO3. The molecule has 0 bridgehead atoms. The molecule has 1 N–H and O–H groups in total. The normalized spacial score (nSPS) is 25.2. The number of rotatable bonds is 5. The summed E-state index contributed by atoms with van der Waals surface area (Å²) in [4.78, 5) is 13.7. The number of hydrogen-bond donors (Lipinski definition) is 1. The van der Waals surface area contributed by atoms with Gasteiger partial charge in [0, 0.05) is 12.1 Å². The van der Waals surface area contributed by atoms with Gasteiger partial charge in [-0.05, 0) is 33.6 Å². The SMILES string of the molecule is CCOC(=O)CN(C(C)C)C1CCCCCC1O. The van der Waals surface area contributed by atoms with E-state index in [0.717, 1.165) is 25.7 Å². The molecule has 1 rings (SSSR count). The van der Waals surface area contributed by atoms with Crippen LogP contribution in [0.3, 0.4) is 0 Å². The van der Waals surface area contributed by atoms with Gasteiger partial charge in [-0.3, -0.25) is 9.69 Å². The molecule has 0 amide bonds. The molecule has 0 radical (unpaired) electrons. The highest BCUT2D eigenvalue weighted by molar-refractivity contribution is 5.71. The van der Waals surface area contributed by atoms with Gasteiger partial charge in [-0.25, -0.2) is 0 Å². The molecule has 2 unspecified atom stereocenters. The fraction of sp³-hybridized carbons (Fsp3) is 0.929. The molecule has 0 aromatic heterocycles. The van der Waals surface area contributed by atoms with Gasteiger partial charge in [-0.2, -0.15) is 0 Å². The zero-order valence-corrected chi connectivity index (χ0v) is 11.9. The highest BCUT2D eigenvalue weighted by atomic mass is 16.5. The maximum atomic E-state index is 11.6. The van der Waals surface area contributed by atoms with Crippen LogP contribution >= 0.6 is 0 Å². The van der Waals surface area contributed by atoms with Crippen LogP contribution in [-0.2, 0) is 9.53 Å². The minimum atomic E-state index is -0.315. The minimum Gasteiger partial charge on any atom is -0.465 e. The fourth-order valence-electron chi connectivity index (χ4n) is 2.69. The first-order valence-corrected chi connectivity index (χ1v) is 7.15. The Morgan fingerprint density at radius 2 is 2.00 bits per heavy atom. The number of esters is 1. The summed E-state index contributed by atoms with van der Waals surface area (Å²) in [6.07, 6.45) is 4.90. The molecule has 2 atom stereocenters. The fourth-order valence-corrected chi connectivity index (χ4v) is 2.69. The van der Waals surface area contributed by atoms with Crippen molar-refractivity contribution in [3.8, 4) is 0 Å².